The van der Waals surface area contributed by atoms with Gasteiger partial charge in [-0.05, 0) is 31.0 Å². The highest BCUT2D eigenvalue weighted by atomic mass is 19.1. The van der Waals surface area contributed by atoms with Gasteiger partial charge in [0.2, 0.25) is 0 Å². The molecule has 2 N–H and O–H groups in total. The van der Waals surface area contributed by atoms with E-state index in [2.05, 4.69) is 4.99 Å². The van der Waals surface area contributed by atoms with Crippen molar-refractivity contribution in [3.63, 3.8) is 0 Å². The van der Waals surface area contributed by atoms with Crippen LogP contribution in [0, 0.1) is 19.7 Å². The molecule has 3 heteroatoms. The van der Waals surface area contributed by atoms with Gasteiger partial charge < -0.3 is 5.73 Å². The average Bonchev–Trinajstić information content (AvgIpc) is 2.26. The Balaban J connectivity index is 0.000000921. The molecule has 0 aliphatic heterocycles. The zero-order valence-electron chi connectivity index (χ0n) is 10.1. The fraction of sp³-hybridized carbons (Fsp3) is 0.417. The number of anilines is 1. The van der Waals surface area contributed by atoms with Crippen molar-refractivity contribution in [1.29, 1.82) is 0 Å². The molecule has 2 nitrogen and oxygen atoms in total. The van der Waals surface area contributed by atoms with Gasteiger partial charge in [-0.25, -0.2) is 4.39 Å². The Kier molecular flexibility index (Phi) is 5.60. The van der Waals surface area contributed by atoms with Crippen molar-refractivity contribution in [1.82, 2.24) is 0 Å². The van der Waals surface area contributed by atoms with Crippen molar-refractivity contribution >= 4 is 11.9 Å². The first-order valence-electron chi connectivity index (χ1n) is 5.05. The first-order chi connectivity index (χ1) is 7.07. The molecule has 0 saturated heterocycles. The molecular formula is C12H19FN2. The zero-order valence-corrected chi connectivity index (χ0v) is 10.1. The summed E-state index contributed by atoms with van der Waals surface area (Å²) < 4.78 is 13.4. The lowest BCUT2D eigenvalue weighted by molar-refractivity contribution is 0.621. The van der Waals surface area contributed by atoms with E-state index in [1.807, 2.05) is 26.8 Å². The molecular weight excluding hydrogens is 191 g/mol. The van der Waals surface area contributed by atoms with Crippen molar-refractivity contribution in [2.45, 2.75) is 27.7 Å². The van der Waals surface area contributed by atoms with E-state index in [0.717, 1.165) is 5.56 Å². The summed E-state index contributed by atoms with van der Waals surface area (Å²) in [6.07, 6.45) is 1.56. The lowest BCUT2D eigenvalue weighted by Crippen LogP contribution is -2.01. The normalized spacial score (nSPS) is 10.0. The number of nitrogens with two attached hydrogens (primary N) is 1. The number of benzene rings is 1. The van der Waals surface area contributed by atoms with Crippen LogP contribution in [-0.4, -0.2) is 13.3 Å². The number of hydrogen-bond donors (Lipinski definition) is 1. The number of aryl methyl sites for hydroxylation is 1. The number of hydrogen-bond acceptors (Lipinski definition) is 2. The van der Waals surface area contributed by atoms with Gasteiger partial charge in [0.15, 0.2) is 0 Å². The topological polar surface area (TPSA) is 38.4 Å². The monoisotopic (exact) mass is 210 g/mol. The molecule has 0 radical (unpaired) electrons. The van der Waals surface area contributed by atoms with Gasteiger partial charge in [0.25, 0.3) is 0 Å². The number of halogens is 1. The van der Waals surface area contributed by atoms with E-state index in [-0.39, 0.29) is 11.5 Å². The highest BCUT2D eigenvalue weighted by Crippen LogP contribution is 2.21. The van der Waals surface area contributed by atoms with E-state index < -0.39 is 0 Å². The van der Waals surface area contributed by atoms with Crippen molar-refractivity contribution < 1.29 is 4.39 Å². The molecule has 1 rings (SSSR count). The third kappa shape index (κ3) is 3.05. The van der Waals surface area contributed by atoms with Gasteiger partial charge in [0.05, 0.1) is 5.69 Å². The standard InChI is InChI=1S/C10H13FN2.C2H6/c1-6-4-8(5-13-3)10(12)9(11)7(6)2;1-2/h4-5H,12H2,1-3H3;1-2H3. The lowest BCUT2D eigenvalue weighted by Gasteiger charge is -2.07. The molecule has 0 bridgehead atoms. The van der Waals surface area contributed by atoms with Gasteiger partial charge in [-0.15, -0.1) is 0 Å². The van der Waals surface area contributed by atoms with E-state index >= 15 is 0 Å². The van der Waals surface area contributed by atoms with Gasteiger partial charge in [0, 0.05) is 18.8 Å². The Labute approximate surface area is 91.0 Å². The van der Waals surface area contributed by atoms with Gasteiger partial charge >= 0.3 is 0 Å². The molecule has 0 spiro atoms. The van der Waals surface area contributed by atoms with E-state index in [4.69, 9.17) is 5.73 Å². The maximum absolute atomic E-state index is 13.4. The van der Waals surface area contributed by atoms with Crippen molar-refractivity contribution in [2.24, 2.45) is 4.99 Å². The number of nitrogen functional groups attached to an aromatic ring is 1. The molecule has 0 amide bonds. The molecule has 0 atom stereocenters. The molecule has 0 saturated carbocycles. The largest absolute Gasteiger partial charge is 0.396 e. The lowest BCUT2D eigenvalue weighted by atomic mass is 10.0. The van der Waals surface area contributed by atoms with Crippen LogP contribution >= 0.6 is 0 Å². The minimum atomic E-state index is -0.338. The summed E-state index contributed by atoms with van der Waals surface area (Å²) in [5.74, 6) is -0.338. The highest BCUT2D eigenvalue weighted by Gasteiger charge is 2.08. The molecule has 0 aliphatic rings. The van der Waals surface area contributed by atoms with Gasteiger partial charge in [-0.1, -0.05) is 13.8 Å². The van der Waals surface area contributed by atoms with Crippen LogP contribution in [-0.2, 0) is 0 Å². The molecule has 0 heterocycles. The van der Waals surface area contributed by atoms with Gasteiger partial charge in [-0.2, -0.15) is 0 Å². The van der Waals surface area contributed by atoms with Crippen LogP contribution < -0.4 is 5.73 Å². The summed E-state index contributed by atoms with van der Waals surface area (Å²) in [6, 6.07) is 1.83. The van der Waals surface area contributed by atoms with Crippen LogP contribution in [0.1, 0.15) is 30.5 Å². The Morgan fingerprint density at radius 1 is 1.33 bits per heavy atom. The SMILES string of the molecule is CC.CN=Cc1cc(C)c(C)c(F)c1N. The minimum absolute atomic E-state index is 0.175. The first-order valence-corrected chi connectivity index (χ1v) is 5.05. The smallest absolute Gasteiger partial charge is 0.149 e. The summed E-state index contributed by atoms with van der Waals surface area (Å²) in [5.41, 5.74) is 7.88. The molecule has 84 valence electrons. The maximum Gasteiger partial charge on any atom is 0.149 e. The van der Waals surface area contributed by atoms with E-state index in [9.17, 15) is 4.39 Å². The summed E-state index contributed by atoms with van der Waals surface area (Å²) in [5, 5.41) is 0. The van der Waals surface area contributed by atoms with Gasteiger partial charge in [0.1, 0.15) is 5.82 Å². The fourth-order valence-electron chi connectivity index (χ4n) is 1.17. The zero-order chi connectivity index (χ0) is 12.0. The highest BCUT2D eigenvalue weighted by molar-refractivity contribution is 5.87. The summed E-state index contributed by atoms with van der Waals surface area (Å²) >= 11 is 0. The predicted molar refractivity (Wildman–Crippen MR) is 65.2 cm³/mol. The van der Waals surface area contributed by atoms with Crippen molar-refractivity contribution in [3.05, 3.63) is 28.6 Å². The van der Waals surface area contributed by atoms with Crippen LogP contribution in [0.15, 0.2) is 11.1 Å². The average molecular weight is 210 g/mol. The summed E-state index contributed by atoms with van der Waals surface area (Å²) in [7, 11) is 1.63. The van der Waals surface area contributed by atoms with Crippen LogP contribution in [0.25, 0.3) is 0 Å². The minimum Gasteiger partial charge on any atom is -0.396 e. The Hall–Kier alpha value is -1.38. The number of rotatable bonds is 1. The van der Waals surface area contributed by atoms with Crippen LogP contribution in [0.5, 0.6) is 0 Å². The van der Waals surface area contributed by atoms with E-state index in [0.29, 0.717) is 11.1 Å². The third-order valence-electron chi connectivity index (χ3n) is 2.11. The number of aliphatic imine (C=N–C) groups is 1. The predicted octanol–water partition coefficient (Wildman–Crippen LogP) is 3.10. The quantitative estimate of drug-likeness (QED) is 0.561. The second-order valence-corrected chi connectivity index (χ2v) is 3.02. The Morgan fingerprint density at radius 2 is 1.87 bits per heavy atom. The van der Waals surface area contributed by atoms with Crippen LogP contribution in [0.4, 0.5) is 10.1 Å². The maximum atomic E-state index is 13.4. The molecule has 1 aromatic rings. The molecule has 15 heavy (non-hydrogen) atoms. The van der Waals surface area contributed by atoms with E-state index in [1.165, 1.54) is 0 Å². The first kappa shape index (κ1) is 13.6. The van der Waals surface area contributed by atoms with Crippen LogP contribution in [0.3, 0.4) is 0 Å². The number of nitrogens with zero attached hydrogens (tertiary/aromatic N) is 1. The Bertz CT molecular complexity index is 357. The van der Waals surface area contributed by atoms with E-state index in [1.54, 1.807) is 20.2 Å². The summed E-state index contributed by atoms with van der Waals surface area (Å²) in [6.45, 7) is 7.57. The van der Waals surface area contributed by atoms with Crippen molar-refractivity contribution in [3.8, 4) is 0 Å². The summed E-state index contributed by atoms with van der Waals surface area (Å²) in [4.78, 5) is 3.81. The molecule has 0 fully saturated rings. The molecule has 0 unspecified atom stereocenters. The second kappa shape index (κ2) is 6.17. The molecule has 0 aromatic heterocycles. The van der Waals surface area contributed by atoms with Crippen LogP contribution in [0.2, 0.25) is 0 Å². The second-order valence-electron chi connectivity index (χ2n) is 3.02. The fourth-order valence-corrected chi connectivity index (χ4v) is 1.17. The Morgan fingerprint density at radius 3 is 2.33 bits per heavy atom. The molecule has 1 aromatic carbocycles. The third-order valence-corrected chi connectivity index (χ3v) is 2.11. The van der Waals surface area contributed by atoms with Gasteiger partial charge in [-0.3, -0.25) is 4.99 Å². The molecule has 0 aliphatic carbocycles. The van der Waals surface area contributed by atoms with Crippen molar-refractivity contribution in [2.75, 3.05) is 12.8 Å².